The first-order valence-electron chi connectivity index (χ1n) is 6.33. The van der Waals surface area contributed by atoms with Crippen molar-refractivity contribution in [1.29, 1.82) is 0 Å². The van der Waals surface area contributed by atoms with Crippen molar-refractivity contribution in [2.75, 3.05) is 11.9 Å². The summed E-state index contributed by atoms with van der Waals surface area (Å²) in [6, 6.07) is 3.51. The highest BCUT2D eigenvalue weighted by Crippen LogP contribution is 2.23. The van der Waals surface area contributed by atoms with Gasteiger partial charge < -0.3 is 10.1 Å². The largest absolute Gasteiger partial charge is 0.478 e. The molecule has 1 unspecified atom stereocenters. The molecule has 1 N–H and O–H groups in total. The van der Waals surface area contributed by atoms with E-state index in [0.717, 1.165) is 5.69 Å². The van der Waals surface area contributed by atoms with Gasteiger partial charge in [0, 0.05) is 18.5 Å². The Morgan fingerprint density at radius 3 is 2.63 bits per heavy atom. The molecule has 0 aliphatic heterocycles. The number of pyridine rings is 1. The maximum Gasteiger partial charge on any atom is 0.389 e. The lowest BCUT2D eigenvalue weighted by Crippen LogP contribution is -2.16. The molecule has 1 aromatic heterocycles. The number of hydrogen-bond acceptors (Lipinski definition) is 3. The van der Waals surface area contributed by atoms with Crippen LogP contribution in [0.25, 0.3) is 0 Å². The Balaban J connectivity index is 2.33. The zero-order valence-corrected chi connectivity index (χ0v) is 11.1. The van der Waals surface area contributed by atoms with E-state index in [1.165, 1.54) is 0 Å². The molecule has 1 atom stereocenters. The van der Waals surface area contributed by atoms with Gasteiger partial charge in [-0.05, 0) is 32.8 Å². The fraction of sp³-hybridized carbons (Fsp3) is 0.615. The van der Waals surface area contributed by atoms with Crippen molar-refractivity contribution in [2.24, 2.45) is 0 Å². The molecule has 0 aliphatic carbocycles. The monoisotopic (exact) mass is 276 g/mol. The van der Waals surface area contributed by atoms with Gasteiger partial charge >= 0.3 is 6.18 Å². The van der Waals surface area contributed by atoms with Crippen LogP contribution in [0.4, 0.5) is 18.9 Å². The van der Waals surface area contributed by atoms with Gasteiger partial charge in [-0.15, -0.1) is 0 Å². The number of nitrogens with one attached hydrogen (secondary N) is 1. The number of halogens is 3. The summed E-state index contributed by atoms with van der Waals surface area (Å²) in [4.78, 5) is 4.08. The van der Waals surface area contributed by atoms with E-state index in [4.69, 9.17) is 4.74 Å². The molecule has 3 nitrogen and oxygen atoms in total. The Kier molecular flexibility index (Phi) is 5.92. The minimum Gasteiger partial charge on any atom is -0.478 e. The molecule has 0 saturated carbocycles. The molecule has 1 rings (SSSR count). The smallest absolute Gasteiger partial charge is 0.389 e. The Bertz CT molecular complexity index is 365. The zero-order valence-electron chi connectivity index (χ0n) is 11.1. The lowest BCUT2D eigenvalue weighted by Gasteiger charge is -2.15. The summed E-state index contributed by atoms with van der Waals surface area (Å²) in [5.74, 6) is 0.540. The summed E-state index contributed by atoms with van der Waals surface area (Å²) in [6.07, 6.45) is -2.60. The van der Waals surface area contributed by atoms with E-state index in [-0.39, 0.29) is 12.5 Å². The van der Waals surface area contributed by atoms with Crippen LogP contribution in [0.1, 0.15) is 33.1 Å². The van der Waals surface area contributed by atoms with Gasteiger partial charge in [0.05, 0.1) is 18.5 Å². The van der Waals surface area contributed by atoms with E-state index < -0.39 is 12.6 Å². The second-order valence-corrected chi connectivity index (χ2v) is 4.37. The van der Waals surface area contributed by atoms with Crippen molar-refractivity contribution < 1.29 is 17.9 Å². The zero-order chi connectivity index (χ0) is 14.3. The third kappa shape index (κ3) is 6.88. The number of anilines is 1. The standard InChI is InChI=1S/C13H19F3N2O/c1-3-19-12-7-6-11(9-17-12)18-10(2)5-4-8-13(14,15)16/h6-7,9-10,18H,3-5,8H2,1-2H3. The average molecular weight is 276 g/mol. The van der Waals surface area contributed by atoms with Crippen molar-refractivity contribution in [1.82, 2.24) is 4.98 Å². The highest BCUT2D eigenvalue weighted by molar-refractivity contribution is 5.42. The van der Waals surface area contributed by atoms with Crippen molar-refractivity contribution in [2.45, 2.75) is 45.3 Å². The van der Waals surface area contributed by atoms with Crippen molar-refractivity contribution in [3.05, 3.63) is 18.3 Å². The first-order valence-corrected chi connectivity index (χ1v) is 6.33. The van der Waals surface area contributed by atoms with Crippen molar-refractivity contribution in [3.8, 4) is 5.88 Å². The summed E-state index contributed by atoms with van der Waals surface area (Å²) < 4.78 is 41.2. The Morgan fingerprint density at radius 2 is 2.11 bits per heavy atom. The molecule has 0 fully saturated rings. The first-order chi connectivity index (χ1) is 8.90. The number of aromatic nitrogens is 1. The Labute approximate surface area is 111 Å². The first kappa shape index (κ1) is 15.6. The predicted molar refractivity (Wildman–Crippen MR) is 68.4 cm³/mol. The van der Waals surface area contributed by atoms with Gasteiger partial charge in [0.1, 0.15) is 0 Å². The minimum atomic E-state index is -4.07. The van der Waals surface area contributed by atoms with Crippen LogP contribution in [0, 0.1) is 0 Å². The molecule has 0 aromatic carbocycles. The van der Waals surface area contributed by atoms with E-state index in [0.29, 0.717) is 18.9 Å². The SMILES string of the molecule is CCOc1ccc(NC(C)CCCC(F)(F)F)cn1. The molecule has 6 heteroatoms. The van der Waals surface area contributed by atoms with Gasteiger partial charge in [-0.2, -0.15) is 13.2 Å². The van der Waals surface area contributed by atoms with Crippen molar-refractivity contribution >= 4 is 5.69 Å². The van der Waals surface area contributed by atoms with Crippen LogP contribution in [0.2, 0.25) is 0 Å². The second kappa shape index (κ2) is 7.21. The quantitative estimate of drug-likeness (QED) is 0.817. The lowest BCUT2D eigenvalue weighted by molar-refractivity contribution is -0.135. The summed E-state index contributed by atoms with van der Waals surface area (Å²) >= 11 is 0. The van der Waals surface area contributed by atoms with Crippen LogP contribution in [0.15, 0.2) is 18.3 Å². The van der Waals surface area contributed by atoms with E-state index in [9.17, 15) is 13.2 Å². The van der Waals surface area contributed by atoms with Crippen LogP contribution in [-0.2, 0) is 0 Å². The number of nitrogens with zero attached hydrogens (tertiary/aromatic N) is 1. The molecule has 19 heavy (non-hydrogen) atoms. The van der Waals surface area contributed by atoms with Crippen LogP contribution < -0.4 is 10.1 Å². The van der Waals surface area contributed by atoms with E-state index in [2.05, 4.69) is 10.3 Å². The van der Waals surface area contributed by atoms with Gasteiger partial charge in [-0.1, -0.05) is 0 Å². The molecule has 0 radical (unpaired) electrons. The molecular weight excluding hydrogens is 257 g/mol. The highest BCUT2D eigenvalue weighted by atomic mass is 19.4. The highest BCUT2D eigenvalue weighted by Gasteiger charge is 2.26. The maximum atomic E-state index is 12.0. The fourth-order valence-electron chi connectivity index (χ4n) is 1.66. The van der Waals surface area contributed by atoms with Gasteiger partial charge in [0.25, 0.3) is 0 Å². The third-order valence-corrected chi connectivity index (χ3v) is 2.54. The van der Waals surface area contributed by atoms with Gasteiger partial charge in [0.2, 0.25) is 5.88 Å². The number of hydrogen-bond donors (Lipinski definition) is 1. The number of alkyl halides is 3. The molecule has 0 spiro atoms. The normalized spacial score (nSPS) is 13.1. The van der Waals surface area contributed by atoms with E-state index in [1.54, 1.807) is 18.3 Å². The predicted octanol–water partition coefficient (Wildman–Crippen LogP) is 4.01. The Hall–Kier alpha value is -1.46. The topological polar surface area (TPSA) is 34.1 Å². The van der Waals surface area contributed by atoms with Crippen molar-refractivity contribution in [3.63, 3.8) is 0 Å². The molecule has 108 valence electrons. The maximum absolute atomic E-state index is 12.0. The van der Waals surface area contributed by atoms with Crippen LogP contribution >= 0.6 is 0 Å². The third-order valence-electron chi connectivity index (χ3n) is 2.54. The van der Waals surface area contributed by atoms with Crippen LogP contribution in [0.5, 0.6) is 5.88 Å². The summed E-state index contributed by atoms with van der Waals surface area (Å²) in [7, 11) is 0. The summed E-state index contributed by atoms with van der Waals surface area (Å²) in [6.45, 7) is 4.27. The molecule has 0 bridgehead atoms. The van der Waals surface area contributed by atoms with E-state index >= 15 is 0 Å². The van der Waals surface area contributed by atoms with Gasteiger partial charge in [-0.25, -0.2) is 4.98 Å². The molecule has 0 saturated heterocycles. The van der Waals surface area contributed by atoms with Crippen LogP contribution in [0.3, 0.4) is 0 Å². The van der Waals surface area contributed by atoms with E-state index in [1.807, 2.05) is 13.8 Å². The Morgan fingerprint density at radius 1 is 1.37 bits per heavy atom. The van der Waals surface area contributed by atoms with Gasteiger partial charge in [0.15, 0.2) is 0 Å². The van der Waals surface area contributed by atoms with Crippen LogP contribution in [-0.4, -0.2) is 23.8 Å². The molecule has 0 amide bonds. The molecule has 1 aromatic rings. The minimum absolute atomic E-state index is 0.0258. The molecule has 1 heterocycles. The summed E-state index contributed by atoms with van der Waals surface area (Å²) in [5.41, 5.74) is 0.781. The van der Waals surface area contributed by atoms with Gasteiger partial charge in [-0.3, -0.25) is 0 Å². The fourth-order valence-corrected chi connectivity index (χ4v) is 1.66. The summed E-state index contributed by atoms with van der Waals surface area (Å²) in [5, 5.41) is 3.11. The molecule has 0 aliphatic rings. The average Bonchev–Trinajstić information content (AvgIpc) is 2.30. The second-order valence-electron chi connectivity index (χ2n) is 4.37. The molecular formula is C13H19F3N2O. The number of rotatable bonds is 7. The number of ether oxygens (including phenoxy) is 1. The lowest BCUT2D eigenvalue weighted by atomic mass is 10.1.